The van der Waals surface area contributed by atoms with Crippen molar-refractivity contribution in [3.05, 3.63) is 78.1 Å². The molecule has 0 unspecified atom stereocenters. The maximum absolute atomic E-state index is 13.6. The largest absolute Gasteiger partial charge is 0.491 e. The number of amides is 4. The fourth-order valence-corrected chi connectivity index (χ4v) is 4.52. The van der Waals surface area contributed by atoms with Crippen LogP contribution in [0.5, 0.6) is 5.75 Å². The summed E-state index contributed by atoms with van der Waals surface area (Å²) in [5, 5.41) is 5.31. The first-order valence-electron chi connectivity index (χ1n) is 13.1. The van der Waals surface area contributed by atoms with Gasteiger partial charge in [-0.25, -0.2) is 14.2 Å². The lowest BCUT2D eigenvalue weighted by molar-refractivity contribution is 0.0109. The number of ether oxygens (including phenoxy) is 2. The van der Waals surface area contributed by atoms with Crippen molar-refractivity contribution in [3.63, 3.8) is 0 Å². The van der Waals surface area contributed by atoms with E-state index in [1.54, 1.807) is 31.2 Å². The van der Waals surface area contributed by atoms with E-state index < -0.39 is 11.8 Å². The average Bonchev–Trinajstić information content (AvgIpc) is 2.97. The van der Waals surface area contributed by atoms with Gasteiger partial charge >= 0.3 is 6.03 Å². The van der Waals surface area contributed by atoms with Crippen LogP contribution in [0.15, 0.2) is 61.1 Å². The van der Waals surface area contributed by atoms with Crippen molar-refractivity contribution >= 4 is 29.2 Å². The Bertz CT molecular complexity index is 1370. The van der Waals surface area contributed by atoms with Crippen molar-refractivity contribution in [3.8, 4) is 5.75 Å². The third-order valence-corrected chi connectivity index (χ3v) is 6.85. The summed E-state index contributed by atoms with van der Waals surface area (Å²) in [5.41, 5.74) is 1.21. The van der Waals surface area contributed by atoms with E-state index in [4.69, 9.17) is 9.47 Å². The fraction of sp³-hybridized carbons (Fsp3) is 0.345. The summed E-state index contributed by atoms with van der Waals surface area (Å²) >= 11 is 0. The van der Waals surface area contributed by atoms with Crippen LogP contribution in [0.2, 0.25) is 0 Å². The zero-order valence-corrected chi connectivity index (χ0v) is 23.3. The number of benzene rings is 2. The van der Waals surface area contributed by atoms with Gasteiger partial charge in [-0.3, -0.25) is 14.6 Å². The highest BCUT2D eigenvalue weighted by molar-refractivity contribution is 6.02. The maximum Gasteiger partial charge on any atom is 0.323 e. The lowest BCUT2D eigenvalue weighted by atomic mass is 10.0. The first-order valence-corrected chi connectivity index (χ1v) is 13.1. The molecule has 2 N–H and O–H groups in total. The first kappa shape index (κ1) is 29.4. The number of rotatable bonds is 4. The number of nitrogens with zero attached hydrogens (tertiary/aromatic N) is 4. The molecule has 1 aromatic heterocycles. The number of fused-ring (bicyclic) bond motifs is 1. The number of urea groups is 1. The van der Waals surface area contributed by atoms with Crippen molar-refractivity contribution in [2.45, 2.75) is 26.0 Å². The molecule has 2 heterocycles. The summed E-state index contributed by atoms with van der Waals surface area (Å²) in [5.74, 6) is -0.867. The number of methoxy groups -OCH3 is 1. The number of hydrogen-bond acceptors (Lipinski definition) is 7. The molecule has 0 saturated carbocycles. The third-order valence-electron chi connectivity index (χ3n) is 6.85. The molecule has 1 aliphatic rings. The summed E-state index contributed by atoms with van der Waals surface area (Å²) in [4.78, 5) is 50.9. The van der Waals surface area contributed by atoms with Crippen LogP contribution < -0.4 is 15.4 Å². The second-order valence-electron chi connectivity index (χ2n) is 9.94. The molecule has 3 atom stereocenters. The highest BCUT2D eigenvalue weighted by atomic mass is 19.1. The van der Waals surface area contributed by atoms with Crippen LogP contribution in [-0.4, -0.2) is 83.6 Å². The Labute approximate surface area is 237 Å². The highest BCUT2D eigenvalue weighted by Gasteiger charge is 2.31. The lowest BCUT2D eigenvalue weighted by Gasteiger charge is -2.35. The second-order valence-corrected chi connectivity index (χ2v) is 9.94. The number of aromatic nitrogens is 2. The van der Waals surface area contributed by atoms with Crippen molar-refractivity contribution in [2.24, 2.45) is 5.92 Å². The number of nitrogens with one attached hydrogen (secondary N) is 2. The quantitative estimate of drug-likeness (QED) is 0.492. The maximum atomic E-state index is 13.6. The van der Waals surface area contributed by atoms with Crippen LogP contribution >= 0.6 is 0 Å². The van der Waals surface area contributed by atoms with Crippen LogP contribution in [0.3, 0.4) is 0 Å². The van der Waals surface area contributed by atoms with Crippen molar-refractivity contribution in [2.75, 3.05) is 44.5 Å². The van der Waals surface area contributed by atoms with E-state index in [0.717, 1.165) is 0 Å². The molecule has 4 rings (SSSR count). The van der Waals surface area contributed by atoms with E-state index >= 15 is 0 Å². The van der Waals surface area contributed by atoms with Gasteiger partial charge in [-0.05, 0) is 49.4 Å². The molecule has 3 aromatic rings. The summed E-state index contributed by atoms with van der Waals surface area (Å²) in [7, 11) is 3.23. The highest BCUT2D eigenvalue weighted by Crippen LogP contribution is 2.27. The Hall–Kier alpha value is -4.58. The molecule has 0 saturated heterocycles. The number of anilines is 2. The molecule has 0 spiro atoms. The van der Waals surface area contributed by atoms with Crippen LogP contribution in [0.25, 0.3) is 0 Å². The predicted molar refractivity (Wildman–Crippen MR) is 150 cm³/mol. The van der Waals surface area contributed by atoms with Gasteiger partial charge in [-0.2, -0.15) is 0 Å². The zero-order valence-electron chi connectivity index (χ0n) is 23.3. The molecule has 0 fully saturated rings. The van der Waals surface area contributed by atoms with Crippen molar-refractivity contribution in [1.82, 2.24) is 19.8 Å². The van der Waals surface area contributed by atoms with Gasteiger partial charge in [-0.1, -0.05) is 6.92 Å². The number of carbonyl (C=O) groups excluding carboxylic acids is 3. The SMILES string of the molecule is CO[C@@H]1CN(C)C(=O)c2cc(NC(=O)Nc3ccc(F)cc3)ccc2OC[C@@H](C)N(C(=O)c2cnccn2)C[C@H]1C. The molecule has 0 bridgehead atoms. The Balaban J connectivity index is 1.60. The molecule has 12 heteroatoms. The van der Waals surface area contributed by atoms with Gasteiger partial charge in [0.05, 0.1) is 23.9 Å². The van der Waals surface area contributed by atoms with Gasteiger partial charge in [0.1, 0.15) is 23.9 Å². The molecule has 4 amide bonds. The average molecular weight is 565 g/mol. The van der Waals surface area contributed by atoms with E-state index in [0.29, 0.717) is 23.7 Å². The number of halogens is 1. The standard InChI is InChI=1S/C29H33FN6O5/c1-18-15-36(28(38)24-14-31-11-12-32-24)19(2)17-41-25-10-9-22(13-23(25)27(37)35(3)16-26(18)40-4)34-29(39)33-21-7-5-20(30)6-8-21/h5-14,18-19,26H,15-17H2,1-4H3,(H2,33,34,39)/t18-,19-,26-/m1/s1. The van der Waals surface area contributed by atoms with E-state index in [9.17, 15) is 18.8 Å². The Kier molecular flexibility index (Phi) is 9.45. The second kappa shape index (κ2) is 13.2. The van der Waals surface area contributed by atoms with E-state index in [1.807, 2.05) is 13.8 Å². The smallest absolute Gasteiger partial charge is 0.323 e. The minimum Gasteiger partial charge on any atom is -0.491 e. The van der Waals surface area contributed by atoms with Crippen LogP contribution in [0.4, 0.5) is 20.6 Å². The number of carbonyl (C=O) groups is 3. The van der Waals surface area contributed by atoms with Gasteiger partial charge in [0.25, 0.3) is 11.8 Å². The topological polar surface area (TPSA) is 126 Å². The fourth-order valence-electron chi connectivity index (χ4n) is 4.52. The normalized spacial score (nSPS) is 19.7. The Morgan fingerprint density at radius 2 is 1.76 bits per heavy atom. The first-order chi connectivity index (χ1) is 19.7. The van der Waals surface area contributed by atoms with Crippen LogP contribution in [-0.2, 0) is 4.74 Å². The number of likely N-dealkylation sites (N-methyl/N-ethyl adjacent to an activating group) is 1. The molecule has 0 radical (unpaired) electrons. The molecule has 11 nitrogen and oxygen atoms in total. The molecular weight excluding hydrogens is 531 g/mol. The molecule has 0 aliphatic carbocycles. The molecular formula is C29H33FN6O5. The lowest BCUT2D eigenvalue weighted by Crippen LogP contribution is -2.48. The van der Waals surface area contributed by atoms with E-state index in [2.05, 4.69) is 20.6 Å². The van der Waals surface area contributed by atoms with E-state index in [1.165, 1.54) is 53.8 Å². The van der Waals surface area contributed by atoms with Gasteiger partial charge in [0, 0.05) is 56.9 Å². The Morgan fingerprint density at radius 3 is 2.44 bits per heavy atom. The Morgan fingerprint density at radius 1 is 1.05 bits per heavy atom. The van der Waals surface area contributed by atoms with E-state index in [-0.39, 0.29) is 54.3 Å². The van der Waals surface area contributed by atoms with Gasteiger partial charge in [-0.15, -0.1) is 0 Å². The van der Waals surface area contributed by atoms with Crippen LogP contribution in [0.1, 0.15) is 34.7 Å². The third kappa shape index (κ3) is 7.34. The van der Waals surface area contributed by atoms with Gasteiger partial charge in [0.15, 0.2) is 0 Å². The number of hydrogen-bond donors (Lipinski definition) is 2. The summed E-state index contributed by atoms with van der Waals surface area (Å²) < 4.78 is 25.0. The summed E-state index contributed by atoms with van der Waals surface area (Å²) in [6.45, 7) is 4.51. The van der Waals surface area contributed by atoms with Gasteiger partial charge < -0.3 is 29.9 Å². The minimum atomic E-state index is -0.563. The predicted octanol–water partition coefficient (Wildman–Crippen LogP) is 3.91. The molecule has 216 valence electrons. The molecule has 2 aromatic carbocycles. The van der Waals surface area contributed by atoms with Crippen LogP contribution in [0, 0.1) is 11.7 Å². The van der Waals surface area contributed by atoms with Gasteiger partial charge in [0.2, 0.25) is 0 Å². The molecule has 41 heavy (non-hydrogen) atoms. The molecule has 1 aliphatic heterocycles. The minimum absolute atomic E-state index is 0.0954. The monoisotopic (exact) mass is 564 g/mol. The summed E-state index contributed by atoms with van der Waals surface area (Å²) in [6, 6.07) is 9.13. The van der Waals surface area contributed by atoms with Crippen molar-refractivity contribution in [1.29, 1.82) is 0 Å². The summed E-state index contributed by atoms with van der Waals surface area (Å²) in [6.07, 6.45) is 4.02. The zero-order chi connectivity index (χ0) is 29.5. The van der Waals surface area contributed by atoms with Crippen molar-refractivity contribution < 1.29 is 28.2 Å².